The summed E-state index contributed by atoms with van der Waals surface area (Å²) in [5.41, 5.74) is 0.327. The number of nitrogens with zero attached hydrogens (tertiary/aromatic N) is 1. The molecule has 0 saturated heterocycles. The zero-order valence-electron chi connectivity index (χ0n) is 11.6. The van der Waals surface area contributed by atoms with Gasteiger partial charge in [0.05, 0.1) is 5.02 Å². The molecule has 0 fully saturated rings. The highest BCUT2D eigenvalue weighted by Crippen LogP contribution is 2.20. The van der Waals surface area contributed by atoms with E-state index in [4.69, 9.17) is 11.6 Å². The summed E-state index contributed by atoms with van der Waals surface area (Å²) < 4.78 is 26.9. The molecule has 0 radical (unpaired) electrons. The summed E-state index contributed by atoms with van der Waals surface area (Å²) in [5, 5.41) is 3.13. The number of hydrogen-bond donors (Lipinski definition) is 1. The topological polar surface area (TPSA) is 15.3 Å². The Bertz CT molecular complexity index is 411. The van der Waals surface area contributed by atoms with Crippen LogP contribution in [-0.4, -0.2) is 31.6 Å². The monoisotopic (exact) mass is 290 g/mol. The third-order valence-electron chi connectivity index (χ3n) is 2.75. The van der Waals surface area contributed by atoms with Crippen molar-refractivity contribution in [3.63, 3.8) is 0 Å². The fourth-order valence-corrected chi connectivity index (χ4v) is 1.87. The van der Waals surface area contributed by atoms with Crippen molar-refractivity contribution in [1.29, 1.82) is 0 Å². The first kappa shape index (κ1) is 16.3. The largest absolute Gasteiger partial charge is 0.315 e. The minimum absolute atomic E-state index is 0.178. The van der Waals surface area contributed by atoms with Crippen LogP contribution in [0.1, 0.15) is 19.4 Å². The summed E-state index contributed by atoms with van der Waals surface area (Å²) in [6.07, 6.45) is 0. The molecule has 1 aromatic carbocycles. The van der Waals surface area contributed by atoms with E-state index < -0.39 is 11.6 Å². The van der Waals surface area contributed by atoms with Crippen LogP contribution in [0.4, 0.5) is 8.78 Å². The highest BCUT2D eigenvalue weighted by Gasteiger charge is 2.10. The van der Waals surface area contributed by atoms with Crippen LogP contribution in [-0.2, 0) is 6.54 Å². The third-order valence-corrected chi connectivity index (χ3v) is 3.04. The highest BCUT2D eigenvalue weighted by atomic mass is 35.5. The number of rotatable bonds is 7. The van der Waals surface area contributed by atoms with Crippen LogP contribution in [0.15, 0.2) is 12.1 Å². The maximum atomic E-state index is 13.6. The lowest BCUT2D eigenvalue weighted by Crippen LogP contribution is -2.31. The quantitative estimate of drug-likeness (QED) is 0.612. The summed E-state index contributed by atoms with van der Waals surface area (Å²) in [5.74, 6) is -0.439. The Morgan fingerprint density at radius 2 is 1.95 bits per heavy atom. The van der Waals surface area contributed by atoms with E-state index in [9.17, 15) is 8.78 Å². The average Bonchev–Trinajstić information content (AvgIpc) is 2.31. The normalized spacial score (nSPS) is 11.6. The van der Waals surface area contributed by atoms with Gasteiger partial charge in [0, 0.05) is 25.2 Å². The zero-order chi connectivity index (χ0) is 14.4. The summed E-state index contributed by atoms with van der Waals surface area (Å²) in [7, 11) is 1.88. The molecule has 108 valence electrons. The number of halogens is 3. The van der Waals surface area contributed by atoms with E-state index in [1.54, 1.807) is 0 Å². The van der Waals surface area contributed by atoms with Crippen molar-refractivity contribution in [2.75, 3.05) is 26.7 Å². The molecule has 0 aliphatic heterocycles. The average molecular weight is 291 g/mol. The van der Waals surface area contributed by atoms with E-state index >= 15 is 0 Å². The van der Waals surface area contributed by atoms with E-state index in [0.717, 1.165) is 31.8 Å². The van der Waals surface area contributed by atoms with Gasteiger partial charge in [-0.15, -0.1) is 0 Å². The molecule has 0 heterocycles. The molecule has 0 saturated carbocycles. The van der Waals surface area contributed by atoms with Crippen LogP contribution in [0.5, 0.6) is 0 Å². The van der Waals surface area contributed by atoms with Gasteiger partial charge >= 0.3 is 0 Å². The van der Waals surface area contributed by atoms with Gasteiger partial charge < -0.3 is 10.2 Å². The van der Waals surface area contributed by atoms with Gasteiger partial charge in [-0.25, -0.2) is 8.78 Å². The molecule has 0 bridgehead atoms. The van der Waals surface area contributed by atoms with Crippen LogP contribution >= 0.6 is 11.6 Å². The van der Waals surface area contributed by atoms with Crippen molar-refractivity contribution >= 4 is 11.6 Å². The summed E-state index contributed by atoms with van der Waals surface area (Å²) >= 11 is 5.52. The molecular weight excluding hydrogens is 270 g/mol. The predicted octanol–water partition coefficient (Wildman–Crippen LogP) is 3.30. The summed E-state index contributed by atoms with van der Waals surface area (Å²) in [4.78, 5) is 1.94. The minimum atomic E-state index is -0.579. The maximum Gasteiger partial charge on any atom is 0.142 e. The molecule has 0 unspecified atom stereocenters. The summed E-state index contributed by atoms with van der Waals surface area (Å²) in [6, 6.07) is 2.19. The molecule has 0 aromatic heterocycles. The van der Waals surface area contributed by atoms with Crippen molar-refractivity contribution in [2.24, 2.45) is 5.92 Å². The van der Waals surface area contributed by atoms with Crippen LogP contribution in [0.2, 0.25) is 5.02 Å². The molecular formula is C14H21ClF2N2. The first-order valence-electron chi connectivity index (χ1n) is 6.42. The molecule has 0 aliphatic rings. The molecule has 19 heavy (non-hydrogen) atoms. The lowest BCUT2D eigenvalue weighted by molar-refractivity contribution is 0.316. The van der Waals surface area contributed by atoms with E-state index in [1.165, 1.54) is 0 Å². The van der Waals surface area contributed by atoms with E-state index in [-0.39, 0.29) is 5.02 Å². The first-order chi connectivity index (χ1) is 8.90. The molecule has 0 atom stereocenters. The van der Waals surface area contributed by atoms with Gasteiger partial charge in [0.1, 0.15) is 11.6 Å². The highest BCUT2D eigenvalue weighted by molar-refractivity contribution is 6.30. The molecule has 2 nitrogen and oxygen atoms in total. The van der Waals surface area contributed by atoms with Crippen molar-refractivity contribution in [1.82, 2.24) is 10.2 Å². The van der Waals surface area contributed by atoms with Crippen molar-refractivity contribution in [2.45, 2.75) is 20.4 Å². The zero-order valence-corrected chi connectivity index (χ0v) is 12.4. The molecule has 0 amide bonds. The molecule has 0 aliphatic carbocycles. The Hall–Kier alpha value is -0.710. The van der Waals surface area contributed by atoms with Gasteiger partial charge in [0.2, 0.25) is 0 Å². The Morgan fingerprint density at radius 3 is 2.58 bits per heavy atom. The van der Waals surface area contributed by atoms with E-state index in [2.05, 4.69) is 19.2 Å². The SMILES string of the molecule is CC(C)CNCCN(C)Cc1cc(F)c(Cl)cc1F. The molecule has 1 aromatic rings. The van der Waals surface area contributed by atoms with E-state index in [1.807, 2.05) is 11.9 Å². The van der Waals surface area contributed by atoms with Crippen molar-refractivity contribution in [3.05, 3.63) is 34.4 Å². The number of nitrogens with one attached hydrogen (secondary N) is 1. The summed E-state index contributed by atoms with van der Waals surface area (Å²) in [6.45, 7) is 7.20. The molecule has 0 spiro atoms. The smallest absolute Gasteiger partial charge is 0.142 e. The lowest BCUT2D eigenvalue weighted by atomic mass is 10.2. The van der Waals surface area contributed by atoms with Crippen molar-refractivity contribution in [3.8, 4) is 0 Å². The molecule has 1 rings (SSSR count). The number of benzene rings is 1. The van der Waals surface area contributed by atoms with Gasteiger partial charge in [0.25, 0.3) is 0 Å². The van der Waals surface area contributed by atoms with Gasteiger partial charge in [-0.05, 0) is 31.6 Å². The van der Waals surface area contributed by atoms with Gasteiger partial charge in [0.15, 0.2) is 0 Å². The van der Waals surface area contributed by atoms with Crippen LogP contribution < -0.4 is 5.32 Å². The van der Waals surface area contributed by atoms with Crippen LogP contribution in [0.25, 0.3) is 0 Å². The Labute approximate surface area is 118 Å². The van der Waals surface area contributed by atoms with Crippen LogP contribution in [0, 0.1) is 17.6 Å². The van der Waals surface area contributed by atoms with E-state index in [0.29, 0.717) is 18.0 Å². The van der Waals surface area contributed by atoms with Gasteiger partial charge in [-0.1, -0.05) is 25.4 Å². The molecule has 5 heteroatoms. The Kier molecular flexibility index (Phi) is 6.69. The number of hydrogen-bond acceptors (Lipinski definition) is 2. The Morgan fingerprint density at radius 1 is 1.26 bits per heavy atom. The van der Waals surface area contributed by atoms with Crippen molar-refractivity contribution < 1.29 is 8.78 Å². The number of likely N-dealkylation sites (N-methyl/N-ethyl adjacent to an activating group) is 1. The lowest BCUT2D eigenvalue weighted by Gasteiger charge is -2.18. The third kappa shape index (κ3) is 5.85. The fraction of sp³-hybridized carbons (Fsp3) is 0.571. The maximum absolute atomic E-state index is 13.6. The standard InChI is InChI=1S/C14H21ClF2N2/c1-10(2)8-18-4-5-19(3)9-11-6-14(17)12(15)7-13(11)16/h6-7,10,18H,4-5,8-9H2,1-3H3. The first-order valence-corrected chi connectivity index (χ1v) is 6.80. The van der Waals surface area contributed by atoms with Gasteiger partial charge in [-0.3, -0.25) is 0 Å². The second-order valence-corrected chi connectivity index (χ2v) is 5.60. The second-order valence-electron chi connectivity index (χ2n) is 5.19. The fourth-order valence-electron chi connectivity index (χ4n) is 1.72. The second kappa shape index (κ2) is 7.78. The Balaban J connectivity index is 2.44. The van der Waals surface area contributed by atoms with Crippen LogP contribution in [0.3, 0.4) is 0 Å². The predicted molar refractivity (Wildman–Crippen MR) is 75.4 cm³/mol. The van der Waals surface area contributed by atoms with Gasteiger partial charge in [-0.2, -0.15) is 0 Å². The minimum Gasteiger partial charge on any atom is -0.315 e. The molecule has 1 N–H and O–H groups in total.